The molecule has 0 aromatic carbocycles. The molecule has 0 fully saturated rings. The Labute approximate surface area is 236 Å². The van der Waals surface area contributed by atoms with Crippen LogP contribution in [0.5, 0.6) is 0 Å². The van der Waals surface area contributed by atoms with Gasteiger partial charge in [-0.25, -0.2) is 43.9 Å². The average Bonchev–Trinajstić information content (AvgIpc) is 3.43. The summed E-state index contributed by atoms with van der Waals surface area (Å²) in [7, 11) is -14.9. The highest BCUT2D eigenvalue weighted by Gasteiger charge is 2.40. The van der Waals surface area contributed by atoms with Gasteiger partial charge in [0.25, 0.3) is 0 Å². The van der Waals surface area contributed by atoms with Crippen LogP contribution in [0.1, 0.15) is 63.7 Å². The second kappa shape index (κ2) is 11.1. The Morgan fingerprint density at radius 3 is 1.62 bits per heavy atom. The van der Waals surface area contributed by atoms with E-state index in [0.717, 1.165) is 11.3 Å². The van der Waals surface area contributed by atoms with Crippen molar-refractivity contribution in [1.82, 2.24) is 10.6 Å². The average molecular weight is 663 g/mol. The van der Waals surface area contributed by atoms with Crippen molar-refractivity contribution in [2.24, 2.45) is 10.3 Å². The fourth-order valence-electron chi connectivity index (χ4n) is 4.30. The first-order valence-electron chi connectivity index (χ1n) is 11.5. The summed E-state index contributed by atoms with van der Waals surface area (Å²) in [5.41, 5.74) is 0.821. The van der Waals surface area contributed by atoms with Crippen LogP contribution in [0, 0.1) is 0 Å². The molecule has 0 saturated heterocycles. The number of carbonyl (C=O) groups is 1. The van der Waals surface area contributed by atoms with Crippen LogP contribution in [0.3, 0.4) is 0 Å². The third-order valence-electron chi connectivity index (χ3n) is 6.26. The summed E-state index contributed by atoms with van der Waals surface area (Å²) in [4.78, 5) is 11.2. The van der Waals surface area contributed by atoms with Crippen molar-refractivity contribution in [3.8, 4) is 0 Å². The van der Waals surface area contributed by atoms with E-state index in [1.54, 1.807) is 6.92 Å². The first kappa shape index (κ1) is 32.1. The van der Waals surface area contributed by atoms with Crippen LogP contribution >= 0.6 is 22.7 Å². The number of hydrogen-bond acceptors (Lipinski definition) is 12. The van der Waals surface area contributed by atoms with Crippen molar-refractivity contribution >= 4 is 68.3 Å². The minimum Gasteiger partial charge on any atom is -0.349 e. The van der Waals surface area contributed by atoms with Crippen LogP contribution < -0.4 is 20.9 Å². The molecule has 220 valence electrons. The minimum atomic E-state index is -3.98. The van der Waals surface area contributed by atoms with E-state index in [1.807, 2.05) is 6.92 Å². The quantitative estimate of drug-likeness (QED) is 0.351. The zero-order chi connectivity index (χ0) is 29.7. The van der Waals surface area contributed by atoms with Gasteiger partial charge in [0, 0.05) is 24.1 Å². The van der Waals surface area contributed by atoms with Crippen molar-refractivity contribution in [2.45, 2.75) is 80.0 Å². The Kier molecular flexibility index (Phi) is 9.12. The molecular formula is C20H30N4O9S6. The predicted octanol–water partition coefficient (Wildman–Crippen LogP) is 0.751. The van der Waals surface area contributed by atoms with Gasteiger partial charge in [-0.2, -0.15) is 0 Å². The number of sulfonamides is 2. The lowest BCUT2D eigenvalue weighted by Crippen LogP contribution is -2.35. The molecule has 19 heteroatoms. The lowest BCUT2D eigenvalue weighted by Gasteiger charge is -2.27. The van der Waals surface area contributed by atoms with E-state index in [-0.39, 0.29) is 35.2 Å². The molecule has 2 aromatic heterocycles. The molecule has 0 aliphatic carbocycles. The molecule has 13 nitrogen and oxygen atoms in total. The summed E-state index contributed by atoms with van der Waals surface area (Å²) in [6.45, 7) is 7.08. The molecule has 4 heterocycles. The number of primary sulfonamides is 2. The summed E-state index contributed by atoms with van der Waals surface area (Å²) in [6.07, 6.45) is 0.639. The maximum Gasteiger partial charge on any atom is 0.247 e. The van der Waals surface area contributed by atoms with Crippen molar-refractivity contribution in [3.05, 3.63) is 23.3 Å². The number of sulfone groups is 2. The van der Waals surface area contributed by atoms with Gasteiger partial charge < -0.3 is 10.6 Å². The first-order chi connectivity index (χ1) is 17.7. The Hall–Kier alpha value is -1.45. The van der Waals surface area contributed by atoms with Crippen LogP contribution in [-0.4, -0.2) is 56.6 Å². The second-order valence-electron chi connectivity index (χ2n) is 9.25. The van der Waals surface area contributed by atoms with Crippen LogP contribution in [-0.2, 0) is 44.5 Å². The van der Waals surface area contributed by atoms with Crippen LogP contribution in [0.4, 0.5) is 0 Å². The first-order valence-corrected chi connectivity index (χ1v) is 19.3. The van der Waals surface area contributed by atoms with Gasteiger partial charge in [0.2, 0.25) is 26.0 Å². The smallest absolute Gasteiger partial charge is 0.247 e. The maximum absolute atomic E-state index is 12.2. The normalized spacial score (nSPS) is 25.5. The van der Waals surface area contributed by atoms with Gasteiger partial charge in [-0.3, -0.25) is 4.79 Å². The number of nitrogens with one attached hydrogen (secondary N) is 2. The molecule has 39 heavy (non-hydrogen) atoms. The van der Waals surface area contributed by atoms with Gasteiger partial charge in [-0.05, 0) is 45.4 Å². The van der Waals surface area contributed by atoms with Gasteiger partial charge in [0.1, 0.15) is 16.8 Å². The maximum atomic E-state index is 12.2. The molecule has 0 radical (unpaired) electrons. The highest BCUT2D eigenvalue weighted by Crippen LogP contribution is 2.43. The molecule has 4 atom stereocenters. The fourth-order valence-corrected chi connectivity index (χ4v) is 13.1. The summed E-state index contributed by atoms with van der Waals surface area (Å²) in [5.74, 6) is -0.309. The molecule has 2 aliphatic heterocycles. The number of thiophene rings is 2. The number of carbonyl (C=O) groups excluding carboxylic acids is 1. The summed E-state index contributed by atoms with van der Waals surface area (Å²) < 4.78 is 94.3. The van der Waals surface area contributed by atoms with Crippen LogP contribution in [0.2, 0.25) is 0 Å². The van der Waals surface area contributed by atoms with E-state index in [1.165, 1.54) is 26.0 Å². The Balaban J connectivity index is 0.000000216. The van der Waals surface area contributed by atoms with Gasteiger partial charge in [0.15, 0.2) is 19.7 Å². The predicted molar refractivity (Wildman–Crippen MR) is 147 cm³/mol. The zero-order valence-corrected chi connectivity index (χ0v) is 26.3. The van der Waals surface area contributed by atoms with Gasteiger partial charge in [-0.1, -0.05) is 6.92 Å². The monoisotopic (exact) mass is 662 g/mol. The van der Waals surface area contributed by atoms with Crippen molar-refractivity contribution in [1.29, 1.82) is 0 Å². The zero-order valence-electron chi connectivity index (χ0n) is 21.4. The van der Waals surface area contributed by atoms with E-state index in [2.05, 4.69) is 10.6 Å². The topological polar surface area (TPSA) is 230 Å². The Bertz CT molecular complexity index is 1710. The molecule has 0 bridgehead atoms. The molecule has 2 aromatic rings. The van der Waals surface area contributed by atoms with Gasteiger partial charge in [0.05, 0.1) is 16.5 Å². The van der Waals surface area contributed by atoms with Crippen molar-refractivity contribution in [3.63, 3.8) is 0 Å². The van der Waals surface area contributed by atoms with E-state index in [9.17, 15) is 38.5 Å². The molecule has 6 N–H and O–H groups in total. The third kappa shape index (κ3) is 6.56. The number of hydrogen-bond donors (Lipinski definition) is 4. The number of nitrogens with two attached hydrogens (primary N) is 2. The second-order valence-corrected chi connectivity index (χ2v) is 20.1. The largest absolute Gasteiger partial charge is 0.349 e. The van der Waals surface area contributed by atoms with Crippen molar-refractivity contribution in [2.75, 3.05) is 6.54 Å². The van der Waals surface area contributed by atoms with E-state index >= 15 is 0 Å². The minimum absolute atomic E-state index is 0.0287. The SMILES string of the molecule is CC(=O)NC1CC(C)S(=O)(=O)c2sc(S(N)(=O)=O)cc21.CCNC1CC(C)S(=O)(=O)c2sc(S(N)(=O)=O)cc21. The molecule has 2 aliphatic rings. The van der Waals surface area contributed by atoms with E-state index in [4.69, 9.17) is 10.3 Å². The highest BCUT2D eigenvalue weighted by atomic mass is 32.3. The summed E-state index contributed by atoms with van der Waals surface area (Å²) >= 11 is 1.37. The summed E-state index contributed by atoms with van der Waals surface area (Å²) in [6, 6.07) is 1.95. The van der Waals surface area contributed by atoms with Crippen molar-refractivity contribution < 1.29 is 38.5 Å². The molecule has 4 rings (SSSR count). The molecule has 0 spiro atoms. The van der Waals surface area contributed by atoms with E-state index in [0.29, 0.717) is 35.4 Å². The Morgan fingerprint density at radius 1 is 0.872 bits per heavy atom. The highest BCUT2D eigenvalue weighted by molar-refractivity contribution is 7.96. The number of rotatable bonds is 5. The van der Waals surface area contributed by atoms with Crippen LogP contribution in [0.25, 0.3) is 0 Å². The molecular weight excluding hydrogens is 633 g/mol. The van der Waals surface area contributed by atoms with Gasteiger partial charge >= 0.3 is 0 Å². The third-order valence-corrected chi connectivity index (χ3v) is 16.9. The van der Waals surface area contributed by atoms with Gasteiger partial charge in [-0.15, -0.1) is 22.7 Å². The fraction of sp³-hybridized carbons (Fsp3) is 0.550. The van der Waals surface area contributed by atoms with Crippen LogP contribution in [0.15, 0.2) is 29.0 Å². The number of amides is 1. The molecule has 0 saturated carbocycles. The number of fused-ring (bicyclic) bond motifs is 2. The molecule has 1 amide bonds. The lowest BCUT2D eigenvalue weighted by molar-refractivity contribution is -0.119. The van der Waals surface area contributed by atoms with E-state index < -0.39 is 56.3 Å². The lowest BCUT2D eigenvalue weighted by atomic mass is 10.1. The molecule has 4 unspecified atom stereocenters. The standard InChI is InChI=1S/C10H14N2O5S3.C10H16N2O4S3/c1-5-3-8(12-6(2)13)7-4-9(20(11,16)17)18-10(7)19(5,14)15;1-3-12-8-4-6(2)18(13,14)10-7(8)5-9(17-10)19(11,15)16/h4-5,8H,3H2,1-2H3,(H,12,13)(H2,11,16,17);5-6,8,12H,3-4H2,1-2H3,(H2,11,15,16). The summed E-state index contributed by atoms with van der Waals surface area (Å²) in [5, 5.41) is 14.7. The Morgan fingerprint density at radius 2 is 1.26 bits per heavy atom.